The quantitative estimate of drug-likeness (QED) is 0.884. The number of ether oxygens (including phenoxy) is 2. The molecule has 0 aromatic heterocycles. The fraction of sp³-hybridized carbons (Fsp3) is 0.647. The van der Waals surface area contributed by atoms with Crippen molar-refractivity contribution in [1.29, 1.82) is 0 Å². The molecule has 2 aliphatic rings. The normalized spacial score (nSPS) is 21.1. The van der Waals surface area contributed by atoms with E-state index in [4.69, 9.17) is 26.8 Å². The first-order chi connectivity index (χ1) is 10.1. The van der Waals surface area contributed by atoms with Gasteiger partial charge in [-0.3, -0.25) is 0 Å². The van der Waals surface area contributed by atoms with Gasteiger partial charge in [-0.2, -0.15) is 0 Å². The highest BCUT2D eigenvalue weighted by Gasteiger charge is 2.31. The zero-order valence-corrected chi connectivity index (χ0v) is 13.4. The Hall–Kier alpha value is -0.930. The van der Waals surface area contributed by atoms with Gasteiger partial charge < -0.3 is 15.2 Å². The van der Waals surface area contributed by atoms with Crippen LogP contribution in [0.4, 0.5) is 0 Å². The average Bonchev–Trinajstić information content (AvgIpc) is 3.30. The monoisotopic (exact) mass is 309 g/mol. The van der Waals surface area contributed by atoms with E-state index in [-0.39, 0.29) is 5.54 Å². The molecule has 0 heterocycles. The summed E-state index contributed by atoms with van der Waals surface area (Å²) in [5.41, 5.74) is 7.40. The fourth-order valence-electron chi connectivity index (χ4n) is 3.10. The van der Waals surface area contributed by atoms with E-state index in [1.807, 2.05) is 12.1 Å². The Morgan fingerprint density at radius 1 is 1.24 bits per heavy atom. The lowest BCUT2D eigenvalue weighted by atomic mass is 9.77. The maximum Gasteiger partial charge on any atom is 0.179 e. The van der Waals surface area contributed by atoms with Crippen LogP contribution in [0.25, 0.3) is 0 Å². The first kappa shape index (κ1) is 15.0. The van der Waals surface area contributed by atoms with Crippen LogP contribution in [0.15, 0.2) is 12.1 Å². The van der Waals surface area contributed by atoms with Gasteiger partial charge in [-0.1, -0.05) is 30.9 Å². The number of hydrogen-bond donors (Lipinski definition) is 1. The molecule has 2 fully saturated rings. The minimum atomic E-state index is -0.274. The lowest BCUT2D eigenvalue weighted by Gasteiger charge is -2.34. The van der Waals surface area contributed by atoms with Crippen LogP contribution in [0.3, 0.4) is 0 Å². The summed E-state index contributed by atoms with van der Waals surface area (Å²) in [5, 5.41) is 0.611. The molecule has 3 rings (SSSR count). The van der Waals surface area contributed by atoms with Crippen LogP contribution in [0.2, 0.25) is 5.02 Å². The zero-order chi connectivity index (χ0) is 14.9. The van der Waals surface area contributed by atoms with Crippen LogP contribution in [-0.4, -0.2) is 13.7 Å². The molecule has 21 heavy (non-hydrogen) atoms. The van der Waals surface area contributed by atoms with Gasteiger partial charge in [-0.05, 0) is 49.3 Å². The average molecular weight is 310 g/mol. The summed E-state index contributed by atoms with van der Waals surface area (Å²) in [6.07, 6.45) is 8.15. The van der Waals surface area contributed by atoms with Crippen molar-refractivity contribution in [2.75, 3.05) is 13.7 Å². The molecule has 0 bridgehead atoms. The first-order valence-electron chi connectivity index (χ1n) is 7.92. The molecule has 0 radical (unpaired) electrons. The first-order valence-corrected chi connectivity index (χ1v) is 8.30. The van der Waals surface area contributed by atoms with Gasteiger partial charge in [0.2, 0.25) is 0 Å². The van der Waals surface area contributed by atoms with Crippen LogP contribution in [0.1, 0.15) is 50.5 Å². The van der Waals surface area contributed by atoms with Gasteiger partial charge in [-0.15, -0.1) is 0 Å². The molecular formula is C17H24ClNO2. The Labute approximate surface area is 131 Å². The molecule has 0 unspecified atom stereocenters. The fourth-order valence-corrected chi connectivity index (χ4v) is 3.37. The van der Waals surface area contributed by atoms with E-state index in [1.165, 1.54) is 32.1 Å². The number of hydrogen-bond acceptors (Lipinski definition) is 3. The second-order valence-electron chi connectivity index (χ2n) is 6.46. The largest absolute Gasteiger partial charge is 0.493 e. The minimum absolute atomic E-state index is 0.274. The molecule has 1 aromatic carbocycles. The van der Waals surface area contributed by atoms with Gasteiger partial charge in [0.15, 0.2) is 11.5 Å². The van der Waals surface area contributed by atoms with Crippen molar-refractivity contribution in [2.24, 2.45) is 11.7 Å². The third kappa shape index (κ3) is 3.29. The maximum atomic E-state index is 6.60. The summed E-state index contributed by atoms with van der Waals surface area (Å²) < 4.78 is 11.4. The molecule has 1 aromatic rings. The lowest BCUT2D eigenvalue weighted by Crippen LogP contribution is -2.38. The standard InChI is InChI=1S/C17H24ClNO2/c1-20-15-10-13(17(19)7-3-2-4-8-17)9-14(18)16(15)21-11-12-5-6-12/h9-10,12H,2-8,11,19H2,1H3. The molecule has 0 aliphatic heterocycles. The summed E-state index contributed by atoms with van der Waals surface area (Å²) in [6, 6.07) is 3.98. The molecule has 0 saturated heterocycles. The van der Waals surface area contributed by atoms with E-state index < -0.39 is 0 Å². The SMILES string of the molecule is COc1cc(C2(N)CCCCC2)cc(Cl)c1OCC1CC1. The van der Waals surface area contributed by atoms with E-state index in [2.05, 4.69) is 0 Å². The van der Waals surface area contributed by atoms with Crippen LogP contribution < -0.4 is 15.2 Å². The molecule has 0 spiro atoms. The molecule has 2 saturated carbocycles. The van der Waals surface area contributed by atoms with Crippen LogP contribution in [0.5, 0.6) is 11.5 Å². The third-order valence-corrected chi connectivity index (χ3v) is 4.99. The Balaban J connectivity index is 1.86. The maximum absolute atomic E-state index is 6.60. The van der Waals surface area contributed by atoms with E-state index in [0.29, 0.717) is 22.4 Å². The number of benzene rings is 1. The van der Waals surface area contributed by atoms with Crippen LogP contribution in [-0.2, 0) is 5.54 Å². The minimum Gasteiger partial charge on any atom is -0.493 e. The van der Waals surface area contributed by atoms with Crippen molar-refractivity contribution in [3.05, 3.63) is 22.7 Å². The van der Waals surface area contributed by atoms with E-state index >= 15 is 0 Å². The Kier molecular flexibility index (Phi) is 4.32. The van der Waals surface area contributed by atoms with Gasteiger partial charge in [0.1, 0.15) is 0 Å². The van der Waals surface area contributed by atoms with Crippen molar-refractivity contribution in [3.8, 4) is 11.5 Å². The van der Waals surface area contributed by atoms with Gasteiger partial charge in [0.05, 0.1) is 18.7 Å². The zero-order valence-electron chi connectivity index (χ0n) is 12.7. The number of methoxy groups -OCH3 is 1. The summed E-state index contributed by atoms with van der Waals surface area (Å²) >= 11 is 6.44. The number of halogens is 1. The van der Waals surface area contributed by atoms with E-state index in [0.717, 1.165) is 25.0 Å². The molecule has 4 heteroatoms. The van der Waals surface area contributed by atoms with Crippen LogP contribution in [0, 0.1) is 5.92 Å². The third-order valence-electron chi connectivity index (χ3n) is 4.71. The van der Waals surface area contributed by atoms with Crippen molar-refractivity contribution in [2.45, 2.75) is 50.5 Å². The molecular weight excluding hydrogens is 286 g/mol. The predicted molar refractivity (Wildman–Crippen MR) is 85.2 cm³/mol. The van der Waals surface area contributed by atoms with Crippen molar-refractivity contribution in [1.82, 2.24) is 0 Å². The Bertz CT molecular complexity index is 508. The number of nitrogens with two attached hydrogens (primary N) is 1. The predicted octanol–water partition coefficient (Wildman–Crippen LogP) is 4.26. The van der Waals surface area contributed by atoms with Gasteiger partial charge >= 0.3 is 0 Å². The molecule has 0 amide bonds. The molecule has 116 valence electrons. The summed E-state index contributed by atoms with van der Waals surface area (Å²) in [4.78, 5) is 0. The van der Waals surface area contributed by atoms with E-state index in [1.54, 1.807) is 7.11 Å². The highest BCUT2D eigenvalue weighted by atomic mass is 35.5. The van der Waals surface area contributed by atoms with Crippen LogP contribution >= 0.6 is 11.6 Å². The highest BCUT2D eigenvalue weighted by molar-refractivity contribution is 6.32. The topological polar surface area (TPSA) is 44.5 Å². The van der Waals surface area contributed by atoms with Crippen molar-refractivity contribution in [3.63, 3.8) is 0 Å². The highest BCUT2D eigenvalue weighted by Crippen LogP contribution is 2.43. The second-order valence-corrected chi connectivity index (χ2v) is 6.87. The van der Waals surface area contributed by atoms with Crippen molar-refractivity contribution >= 4 is 11.6 Å². The lowest BCUT2D eigenvalue weighted by molar-refractivity contribution is 0.276. The molecule has 3 nitrogen and oxygen atoms in total. The van der Waals surface area contributed by atoms with Gasteiger partial charge in [0.25, 0.3) is 0 Å². The number of rotatable bonds is 5. The second kappa shape index (κ2) is 6.05. The summed E-state index contributed by atoms with van der Waals surface area (Å²) in [7, 11) is 1.66. The Morgan fingerprint density at radius 2 is 1.95 bits per heavy atom. The summed E-state index contributed by atoms with van der Waals surface area (Å²) in [6.45, 7) is 0.725. The summed E-state index contributed by atoms with van der Waals surface area (Å²) in [5.74, 6) is 2.05. The Morgan fingerprint density at radius 3 is 2.57 bits per heavy atom. The van der Waals surface area contributed by atoms with Crippen molar-refractivity contribution < 1.29 is 9.47 Å². The molecule has 2 N–H and O–H groups in total. The van der Waals surface area contributed by atoms with E-state index in [9.17, 15) is 0 Å². The van der Waals surface area contributed by atoms with Gasteiger partial charge in [-0.25, -0.2) is 0 Å². The molecule has 2 aliphatic carbocycles. The molecule has 0 atom stereocenters. The van der Waals surface area contributed by atoms with Gasteiger partial charge in [0, 0.05) is 5.54 Å². The smallest absolute Gasteiger partial charge is 0.179 e.